The molecule has 3 saturated carbocycles. The summed E-state index contributed by atoms with van der Waals surface area (Å²) in [6.07, 6.45) is 2.22. The number of allylic oxidation sites excluding steroid dienone is 1. The van der Waals surface area contributed by atoms with Crippen molar-refractivity contribution in [2.45, 2.75) is 32.6 Å². The standard InChI is InChI=1S/C16H20O4/c1-3-20-16(19)9-4-5-10-14-8(2)11(7-13(14)17)12(6-9)15(10)18/h9-12,14H,2-7H2,1H3/t9-,10+,11+,12-,14-/m1/s1. The molecule has 0 spiro atoms. The summed E-state index contributed by atoms with van der Waals surface area (Å²) in [5, 5.41) is 0. The predicted molar refractivity (Wildman–Crippen MR) is 71.7 cm³/mol. The van der Waals surface area contributed by atoms with Gasteiger partial charge in [0, 0.05) is 24.2 Å². The van der Waals surface area contributed by atoms with Crippen molar-refractivity contribution in [3.05, 3.63) is 12.2 Å². The molecule has 3 rings (SSSR count). The van der Waals surface area contributed by atoms with Crippen molar-refractivity contribution >= 4 is 17.5 Å². The van der Waals surface area contributed by atoms with Gasteiger partial charge in [-0.3, -0.25) is 14.4 Å². The Morgan fingerprint density at radius 2 is 2.00 bits per heavy atom. The molecule has 0 aromatic carbocycles. The lowest BCUT2D eigenvalue weighted by Gasteiger charge is -2.33. The van der Waals surface area contributed by atoms with Crippen LogP contribution in [-0.2, 0) is 19.1 Å². The molecular weight excluding hydrogens is 256 g/mol. The second kappa shape index (κ2) is 4.83. The van der Waals surface area contributed by atoms with Crippen LogP contribution in [0.2, 0.25) is 0 Å². The Kier molecular flexibility index (Phi) is 3.27. The largest absolute Gasteiger partial charge is 0.466 e. The van der Waals surface area contributed by atoms with Crippen LogP contribution in [0.3, 0.4) is 0 Å². The van der Waals surface area contributed by atoms with Crippen molar-refractivity contribution < 1.29 is 19.1 Å². The number of hydrogen-bond acceptors (Lipinski definition) is 4. The third-order valence-corrected chi connectivity index (χ3v) is 5.25. The lowest BCUT2D eigenvalue weighted by molar-refractivity contribution is -0.148. The minimum absolute atomic E-state index is 0.0359. The fourth-order valence-corrected chi connectivity index (χ4v) is 4.30. The molecule has 0 aromatic rings. The first-order chi connectivity index (χ1) is 9.54. The molecule has 0 radical (unpaired) electrons. The van der Waals surface area contributed by atoms with Gasteiger partial charge in [-0.05, 0) is 32.1 Å². The summed E-state index contributed by atoms with van der Waals surface area (Å²) in [7, 11) is 0. The van der Waals surface area contributed by atoms with Gasteiger partial charge in [0.1, 0.15) is 11.6 Å². The van der Waals surface area contributed by atoms with Crippen LogP contribution in [0, 0.1) is 29.6 Å². The average Bonchev–Trinajstić information content (AvgIpc) is 2.55. The van der Waals surface area contributed by atoms with Crippen LogP contribution in [0.25, 0.3) is 0 Å². The van der Waals surface area contributed by atoms with E-state index in [0.717, 1.165) is 5.57 Å². The minimum Gasteiger partial charge on any atom is -0.466 e. The summed E-state index contributed by atoms with van der Waals surface area (Å²) in [4.78, 5) is 36.6. The molecule has 20 heavy (non-hydrogen) atoms. The number of rotatable bonds is 2. The number of carbonyl (C=O) groups is 3. The second-order valence-electron chi connectivity index (χ2n) is 6.21. The molecule has 108 valence electrons. The van der Waals surface area contributed by atoms with Crippen LogP contribution in [-0.4, -0.2) is 24.1 Å². The topological polar surface area (TPSA) is 60.4 Å². The molecule has 0 N–H and O–H groups in total. The molecule has 4 nitrogen and oxygen atoms in total. The molecule has 0 heterocycles. The van der Waals surface area contributed by atoms with E-state index in [0.29, 0.717) is 32.3 Å². The fourth-order valence-electron chi connectivity index (χ4n) is 4.30. The molecule has 5 atom stereocenters. The van der Waals surface area contributed by atoms with Gasteiger partial charge in [-0.25, -0.2) is 0 Å². The van der Waals surface area contributed by atoms with E-state index in [1.165, 1.54) is 0 Å². The zero-order valence-corrected chi connectivity index (χ0v) is 11.8. The monoisotopic (exact) mass is 276 g/mol. The first-order valence-electron chi connectivity index (χ1n) is 7.46. The van der Waals surface area contributed by atoms with E-state index in [2.05, 4.69) is 6.58 Å². The van der Waals surface area contributed by atoms with Crippen LogP contribution < -0.4 is 0 Å². The van der Waals surface area contributed by atoms with E-state index in [4.69, 9.17) is 4.74 Å². The Balaban J connectivity index is 1.88. The average molecular weight is 276 g/mol. The Bertz CT molecular complexity index is 493. The van der Waals surface area contributed by atoms with E-state index in [1.807, 2.05) is 0 Å². The zero-order chi connectivity index (χ0) is 14.4. The highest BCUT2D eigenvalue weighted by molar-refractivity contribution is 5.99. The van der Waals surface area contributed by atoms with Crippen molar-refractivity contribution in [2.24, 2.45) is 29.6 Å². The van der Waals surface area contributed by atoms with Crippen LogP contribution in [0.15, 0.2) is 12.2 Å². The Morgan fingerprint density at radius 3 is 2.70 bits per heavy atom. The maximum absolute atomic E-state index is 12.6. The molecule has 4 heteroatoms. The fraction of sp³-hybridized carbons (Fsp3) is 0.688. The third kappa shape index (κ3) is 1.85. The summed E-state index contributed by atoms with van der Waals surface area (Å²) in [6, 6.07) is 0. The van der Waals surface area contributed by atoms with E-state index < -0.39 is 0 Å². The summed E-state index contributed by atoms with van der Waals surface area (Å²) in [5.41, 5.74) is 0.939. The van der Waals surface area contributed by atoms with Crippen LogP contribution in [0.1, 0.15) is 32.6 Å². The van der Waals surface area contributed by atoms with Gasteiger partial charge in [-0.15, -0.1) is 0 Å². The maximum Gasteiger partial charge on any atom is 0.308 e. The molecule has 0 unspecified atom stereocenters. The number of ketones is 2. The number of Topliss-reactive ketones (excluding diaryl/α,β-unsaturated/α-hetero) is 2. The number of hydrogen-bond donors (Lipinski definition) is 0. The molecule has 0 saturated heterocycles. The Morgan fingerprint density at radius 1 is 1.25 bits per heavy atom. The Labute approximate surface area is 118 Å². The molecule has 4 bridgehead atoms. The van der Waals surface area contributed by atoms with E-state index in [9.17, 15) is 14.4 Å². The van der Waals surface area contributed by atoms with Crippen LogP contribution in [0.5, 0.6) is 0 Å². The van der Waals surface area contributed by atoms with Crippen LogP contribution in [0.4, 0.5) is 0 Å². The van der Waals surface area contributed by atoms with Gasteiger partial charge < -0.3 is 4.74 Å². The lowest BCUT2D eigenvalue weighted by atomic mass is 9.69. The number of fused-ring (bicyclic) bond motifs is 6. The summed E-state index contributed by atoms with van der Waals surface area (Å²) in [5.74, 6) is -0.779. The van der Waals surface area contributed by atoms with Crippen molar-refractivity contribution in [1.82, 2.24) is 0 Å². The zero-order valence-electron chi connectivity index (χ0n) is 11.8. The van der Waals surface area contributed by atoms with Gasteiger partial charge in [-0.1, -0.05) is 12.2 Å². The molecule has 0 aliphatic heterocycles. The molecule has 3 aliphatic carbocycles. The Hall–Kier alpha value is -1.45. The maximum atomic E-state index is 12.6. The van der Waals surface area contributed by atoms with Gasteiger partial charge in [-0.2, -0.15) is 0 Å². The lowest BCUT2D eigenvalue weighted by Crippen LogP contribution is -2.37. The normalized spacial score (nSPS) is 39.6. The summed E-state index contributed by atoms with van der Waals surface area (Å²) in [6.45, 7) is 6.23. The number of carbonyl (C=O) groups excluding carboxylic acids is 3. The molecular formula is C16H20O4. The van der Waals surface area contributed by atoms with Crippen molar-refractivity contribution in [3.63, 3.8) is 0 Å². The highest BCUT2D eigenvalue weighted by Gasteiger charge is 2.55. The van der Waals surface area contributed by atoms with Crippen molar-refractivity contribution in [2.75, 3.05) is 6.61 Å². The summed E-state index contributed by atoms with van der Waals surface area (Å²) < 4.78 is 5.11. The molecule has 0 aromatic heterocycles. The first-order valence-corrected chi connectivity index (χ1v) is 7.46. The summed E-state index contributed by atoms with van der Waals surface area (Å²) >= 11 is 0. The van der Waals surface area contributed by atoms with Gasteiger partial charge in [0.2, 0.25) is 0 Å². The van der Waals surface area contributed by atoms with Gasteiger partial charge in [0.25, 0.3) is 0 Å². The van der Waals surface area contributed by atoms with Crippen molar-refractivity contribution in [3.8, 4) is 0 Å². The van der Waals surface area contributed by atoms with Gasteiger partial charge >= 0.3 is 5.97 Å². The van der Waals surface area contributed by atoms with Gasteiger partial charge in [0.05, 0.1) is 12.5 Å². The highest BCUT2D eigenvalue weighted by atomic mass is 16.5. The quantitative estimate of drug-likeness (QED) is 0.571. The van der Waals surface area contributed by atoms with Crippen molar-refractivity contribution in [1.29, 1.82) is 0 Å². The third-order valence-electron chi connectivity index (χ3n) is 5.25. The number of esters is 1. The molecule has 3 fully saturated rings. The second-order valence-corrected chi connectivity index (χ2v) is 6.21. The first kappa shape index (κ1) is 13.5. The van der Waals surface area contributed by atoms with Gasteiger partial charge in [0.15, 0.2) is 0 Å². The highest BCUT2D eigenvalue weighted by Crippen LogP contribution is 2.53. The SMILES string of the molecule is C=C1[C@H]2C(=O)C[C@@H]1[C@H]1C[C@H](C(=O)OCC)CC[C@@H]2C1=O. The van der Waals surface area contributed by atoms with E-state index in [-0.39, 0.29) is 47.1 Å². The molecule has 3 aliphatic rings. The number of ether oxygens (including phenoxy) is 1. The smallest absolute Gasteiger partial charge is 0.308 e. The predicted octanol–water partition coefficient (Wildman–Crippen LogP) is 1.93. The molecule has 0 amide bonds. The van der Waals surface area contributed by atoms with E-state index >= 15 is 0 Å². The van der Waals surface area contributed by atoms with E-state index in [1.54, 1.807) is 6.92 Å². The van der Waals surface area contributed by atoms with Crippen LogP contribution >= 0.6 is 0 Å². The minimum atomic E-state index is -0.273.